The molecular weight excluding hydrogens is 432 g/mol. The van der Waals surface area contributed by atoms with E-state index >= 15 is 0 Å². The van der Waals surface area contributed by atoms with Gasteiger partial charge in [-0.25, -0.2) is 4.79 Å². The van der Waals surface area contributed by atoms with Crippen molar-refractivity contribution in [1.82, 2.24) is 0 Å². The lowest BCUT2D eigenvalue weighted by Crippen LogP contribution is -2.02. The largest absolute Gasteiger partial charge is 0.494 e. The van der Waals surface area contributed by atoms with Gasteiger partial charge in [-0.1, -0.05) is 64.6 Å². The first-order valence-corrected chi connectivity index (χ1v) is 13.3. The highest BCUT2D eigenvalue weighted by molar-refractivity contribution is 5.84. The number of rotatable bonds is 12. The molecule has 3 rings (SSSR count). The Labute approximate surface area is 212 Å². The lowest BCUT2D eigenvalue weighted by Gasteiger charge is -2.16. The van der Waals surface area contributed by atoms with Crippen molar-refractivity contribution in [1.29, 1.82) is 0 Å². The van der Waals surface area contributed by atoms with Crippen LogP contribution in [0.2, 0.25) is 0 Å². The zero-order valence-electron chi connectivity index (χ0n) is 22.1. The summed E-state index contributed by atoms with van der Waals surface area (Å²) in [6.45, 7) is 13.7. The summed E-state index contributed by atoms with van der Waals surface area (Å²) in [6, 6.07) is 13.7. The molecule has 0 saturated heterocycles. The molecule has 0 atom stereocenters. The van der Waals surface area contributed by atoms with Crippen LogP contribution in [0.5, 0.6) is 5.75 Å². The quantitative estimate of drug-likeness (QED) is 0.176. The highest BCUT2D eigenvalue weighted by atomic mass is 16.5. The van der Waals surface area contributed by atoms with E-state index in [-0.39, 0.29) is 5.97 Å². The van der Waals surface area contributed by atoms with Crippen LogP contribution in [0.4, 0.5) is 0 Å². The number of hydrogen-bond acceptors (Lipinski definition) is 3. The molecule has 1 aliphatic rings. The summed E-state index contributed by atoms with van der Waals surface area (Å²) >= 11 is 0. The Bertz CT molecular complexity index is 1000. The first-order chi connectivity index (χ1) is 16.9. The minimum atomic E-state index is -0.346. The fraction of sp³-hybridized carbons (Fsp3) is 0.469. The summed E-state index contributed by atoms with van der Waals surface area (Å²) < 4.78 is 11.1. The van der Waals surface area contributed by atoms with Gasteiger partial charge in [0.2, 0.25) is 0 Å². The molecule has 2 aromatic rings. The molecule has 0 radical (unpaired) electrons. The van der Waals surface area contributed by atoms with E-state index in [0.29, 0.717) is 25.0 Å². The highest BCUT2D eigenvalue weighted by Crippen LogP contribution is 2.34. The van der Waals surface area contributed by atoms with Gasteiger partial charge in [-0.15, -0.1) is 0 Å². The predicted octanol–water partition coefficient (Wildman–Crippen LogP) is 8.48. The molecule has 1 aliphatic carbocycles. The Morgan fingerprint density at radius 1 is 0.914 bits per heavy atom. The summed E-state index contributed by atoms with van der Waals surface area (Å²) in [6.07, 6.45) is 10.9. The van der Waals surface area contributed by atoms with Crippen LogP contribution < -0.4 is 4.74 Å². The molecule has 0 spiro atoms. The van der Waals surface area contributed by atoms with Crippen molar-refractivity contribution in [3.05, 3.63) is 76.9 Å². The second-order valence-corrected chi connectivity index (χ2v) is 10.2. The van der Waals surface area contributed by atoms with E-state index in [1.165, 1.54) is 45.9 Å². The maximum atomic E-state index is 11.0. The summed E-state index contributed by atoms with van der Waals surface area (Å²) in [5, 5.41) is 0. The zero-order valence-corrected chi connectivity index (χ0v) is 22.1. The molecule has 0 aliphatic heterocycles. The van der Waals surface area contributed by atoms with Crippen molar-refractivity contribution in [3.8, 4) is 5.75 Å². The third-order valence-electron chi connectivity index (χ3n) is 6.74. The van der Waals surface area contributed by atoms with Gasteiger partial charge < -0.3 is 9.47 Å². The van der Waals surface area contributed by atoms with Gasteiger partial charge in [-0.3, -0.25) is 0 Å². The predicted molar refractivity (Wildman–Crippen MR) is 147 cm³/mol. The fourth-order valence-electron chi connectivity index (χ4n) is 4.49. The van der Waals surface area contributed by atoms with Gasteiger partial charge >= 0.3 is 5.97 Å². The van der Waals surface area contributed by atoms with E-state index in [1.807, 2.05) is 0 Å². The van der Waals surface area contributed by atoms with Gasteiger partial charge in [0.05, 0.1) is 13.2 Å². The van der Waals surface area contributed by atoms with E-state index in [4.69, 9.17) is 9.47 Å². The Balaban J connectivity index is 1.64. The number of aryl methyl sites for hydroxylation is 1. The molecule has 0 aromatic heterocycles. The van der Waals surface area contributed by atoms with Gasteiger partial charge in [-0.2, -0.15) is 0 Å². The van der Waals surface area contributed by atoms with Crippen LogP contribution >= 0.6 is 0 Å². The number of carbonyl (C=O) groups is 1. The monoisotopic (exact) mass is 474 g/mol. The molecule has 2 aromatic carbocycles. The van der Waals surface area contributed by atoms with Gasteiger partial charge in [0.25, 0.3) is 0 Å². The number of allylic oxidation sites excluding steroid dienone is 1. The lowest BCUT2D eigenvalue weighted by molar-refractivity contribution is -0.137. The van der Waals surface area contributed by atoms with E-state index in [9.17, 15) is 4.79 Å². The number of esters is 1. The Kier molecular flexibility index (Phi) is 10.2. The Morgan fingerprint density at radius 2 is 1.60 bits per heavy atom. The normalized spacial score (nSPS) is 13.3. The fourth-order valence-corrected chi connectivity index (χ4v) is 4.49. The molecule has 35 heavy (non-hydrogen) atoms. The molecular formula is C32H42O3. The van der Waals surface area contributed by atoms with Crippen LogP contribution in [0.1, 0.15) is 106 Å². The number of unbranched alkanes of at least 4 members (excludes halogenated alkanes) is 3. The maximum absolute atomic E-state index is 11.0. The number of carbonyl (C=O) groups excluding carboxylic acids is 1. The van der Waals surface area contributed by atoms with E-state index in [0.717, 1.165) is 44.3 Å². The van der Waals surface area contributed by atoms with Crippen LogP contribution in [0.25, 0.3) is 11.6 Å². The van der Waals surface area contributed by atoms with E-state index in [1.54, 1.807) is 0 Å². The van der Waals surface area contributed by atoms with E-state index < -0.39 is 0 Å². The SMILES string of the molecule is C=CC(=O)OCCCCCCOc1ccc2c(c1)C=C(c1cc(C(C)C)cc(C(C)C)c1)CCC2. The van der Waals surface area contributed by atoms with Crippen LogP contribution in [0.3, 0.4) is 0 Å². The van der Waals surface area contributed by atoms with E-state index in [2.05, 4.69) is 76.7 Å². The Morgan fingerprint density at radius 3 is 2.26 bits per heavy atom. The third kappa shape index (κ3) is 8.13. The van der Waals surface area contributed by atoms with Crippen LogP contribution in [0.15, 0.2) is 49.1 Å². The first kappa shape index (κ1) is 26.8. The summed E-state index contributed by atoms with van der Waals surface area (Å²) in [4.78, 5) is 11.0. The summed E-state index contributed by atoms with van der Waals surface area (Å²) in [5.41, 5.74) is 8.35. The summed E-state index contributed by atoms with van der Waals surface area (Å²) in [7, 11) is 0. The topological polar surface area (TPSA) is 35.5 Å². The number of fused-ring (bicyclic) bond motifs is 1. The van der Waals surface area contributed by atoms with Crippen molar-refractivity contribution < 1.29 is 14.3 Å². The second kappa shape index (κ2) is 13.3. The highest BCUT2D eigenvalue weighted by Gasteiger charge is 2.14. The molecule has 0 unspecified atom stereocenters. The Hall–Kier alpha value is -2.81. The average molecular weight is 475 g/mol. The molecule has 0 N–H and O–H groups in total. The maximum Gasteiger partial charge on any atom is 0.330 e. The van der Waals surface area contributed by atoms with Crippen molar-refractivity contribution in [2.24, 2.45) is 0 Å². The van der Waals surface area contributed by atoms with Gasteiger partial charge in [0.15, 0.2) is 0 Å². The number of hydrogen-bond donors (Lipinski definition) is 0. The van der Waals surface area contributed by atoms with Gasteiger partial charge in [0.1, 0.15) is 5.75 Å². The van der Waals surface area contributed by atoms with Crippen LogP contribution in [-0.2, 0) is 16.0 Å². The second-order valence-electron chi connectivity index (χ2n) is 10.2. The molecule has 0 heterocycles. The minimum Gasteiger partial charge on any atom is -0.494 e. The molecule has 0 fully saturated rings. The van der Waals surface area contributed by atoms with Crippen molar-refractivity contribution in [3.63, 3.8) is 0 Å². The first-order valence-electron chi connectivity index (χ1n) is 13.3. The summed E-state index contributed by atoms with van der Waals surface area (Å²) in [5.74, 6) is 1.64. The molecule has 0 bridgehead atoms. The third-order valence-corrected chi connectivity index (χ3v) is 6.74. The molecule has 0 saturated carbocycles. The molecule has 3 nitrogen and oxygen atoms in total. The average Bonchev–Trinajstić information content (AvgIpc) is 3.07. The number of ether oxygens (including phenoxy) is 2. The number of benzene rings is 2. The van der Waals surface area contributed by atoms with Crippen LogP contribution in [0, 0.1) is 0 Å². The van der Waals surface area contributed by atoms with Crippen LogP contribution in [-0.4, -0.2) is 19.2 Å². The van der Waals surface area contributed by atoms with Gasteiger partial charge in [0, 0.05) is 6.08 Å². The standard InChI is InChI=1S/C32H42O3/c1-6-32(33)35-17-10-8-7-9-16-34-31-15-14-25-12-11-13-26(18-30(25)22-31)29-20-27(23(2)3)19-28(21-29)24(4)5/h6,14-15,18-24H,1,7-13,16-17H2,2-5H3. The van der Waals surface area contributed by atoms with Crippen molar-refractivity contribution >= 4 is 17.6 Å². The molecule has 188 valence electrons. The van der Waals surface area contributed by atoms with Crippen molar-refractivity contribution in [2.75, 3.05) is 13.2 Å². The van der Waals surface area contributed by atoms with Crippen molar-refractivity contribution in [2.45, 2.75) is 84.5 Å². The molecule has 0 amide bonds. The molecule has 3 heteroatoms. The smallest absolute Gasteiger partial charge is 0.330 e. The lowest BCUT2D eigenvalue weighted by atomic mass is 9.89. The zero-order chi connectivity index (χ0) is 25.2. The van der Waals surface area contributed by atoms with Gasteiger partial charge in [-0.05, 0) is 102 Å². The minimum absolute atomic E-state index is 0.346.